The Labute approximate surface area is 236 Å². The molecule has 1 unspecified atom stereocenters. The Bertz CT molecular complexity index is 1290. The monoisotopic (exact) mass is 573 g/mol. The molecule has 0 bridgehead atoms. The summed E-state index contributed by atoms with van der Waals surface area (Å²) in [5, 5.41) is 2.80. The summed E-state index contributed by atoms with van der Waals surface area (Å²) in [5.41, 5.74) is 6.21. The summed E-state index contributed by atoms with van der Waals surface area (Å²) in [6, 6.07) is 7.36. The third-order valence-electron chi connectivity index (χ3n) is 7.13. The molecular formula is C28H33F2N5O6. The molecule has 41 heavy (non-hydrogen) atoms. The van der Waals surface area contributed by atoms with Crippen LogP contribution < -0.4 is 20.5 Å². The van der Waals surface area contributed by atoms with E-state index in [9.17, 15) is 28.0 Å². The maximum Gasteiger partial charge on any atom is 0.387 e. The van der Waals surface area contributed by atoms with E-state index in [1.165, 1.54) is 38.4 Å². The number of alkyl halides is 2. The first kappa shape index (κ1) is 29.7. The molecule has 1 saturated heterocycles. The number of amides is 4. The number of nitrogens with two attached hydrogens (primary N) is 1. The van der Waals surface area contributed by atoms with E-state index in [0.717, 1.165) is 23.3 Å². The number of pyridine rings is 1. The number of halogens is 2. The molecule has 1 aliphatic carbocycles. The molecule has 0 spiro atoms. The molecule has 2 atom stereocenters. The van der Waals surface area contributed by atoms with E-state index < -0.39 is 24.3 Å². The molecule has 4 amide bonds. The Hall–Kier alpha value is -4.29. The number of carbonyl (C=O) groups excluding carboxylic acids is 4. The molecule has 3 N–H and O–H groups in total. The van der Waals surface area contributed by atoms with E-state index in [1.807, 2.05) is 0 Å². The van der Waals surface area contributed by atoms with Gasteiger partial charge in [-0.05, 0) is 55.0 Å². The SMILES string of the molecule is CC(=O)N1CC(c2ccc(OC(F)F)c(OCC3CC3)c2)C[C@@H]1CNC(=O)c1ccc(C(=O)N(C)CC(N)=O)cn1. The van der Waals surface area contributed by atoms with Crippen molar-refractivity contribution >= 4 is 23.6 Å². The summed E-state index contributed by atoms with van der Waals surface area (Å²) >= 11 is 0. The highest BCUT2D eigenvalue weighted by atomic mass is 19.3. The Morgan fingerprint density at radius 2 is 1.93 bits per heavy atom. The lowest BCUT2D eigenvalue weighted by Gasteiger charge is -2.23. The number of rotatable bonds is 12. The Balaban J connectivity index is 1.39. The maximum atomic E-state index is 12.9. The van der Waals surface area contributed by atoms with Gasteiger partial charge in [-0.1, -0.05) is 6.07 Å². The van der Waals surface area contributed by atoms with Crippen molar-refractivity contribution in [3.63, 3.8) is 0 Å². The van der Waals surface area contributed by atoms with Crippen molar-refractivity contribution in [1.82, 2.24) is 20.1 Å². The number of nitrogens with zero attached hydrogens (tertiary/aromatic N) is 3. The second-order valence-electron chi connectivity index (χ2n) is 10.4. The highest BCUT2D eigenvalue weighted by Gasteiger charge is 2.35. The van der Waals surface area contributed by atoms with E-state index in [2.05, 4.69) is 15.0 Å². The fourth-order valence-corrected chi connectivity index (χ4v) is 4.80. The van der Waals surface area contributed by atoms with Gasteiger partial charge in [0.1, 0.15) is 5.69 Å². The number of aromatic nitrogens is 1. The van der Waals surface area contributed by atoms with Crippen molar-refractivity contribution < 1.29 is 37.4 Å². The fraction of sp³-hybridized carbons (Fsp3) is 0.464. The second-order valence-corrected chi connectivity index (χ2v) is 10.4. The average molecular weight is 574 g/mol. The Kier molecular flexibility index (Phi) is 9.35. The molecule has 2 fully saturated rings. The largest absolute Gasteiger partial charge is 0.489 e. The van der Waals surface area contributed by atoms with Crippen LogP contribution in [0.3, 0.4) is 0 Å². The molecule has 1 saturated carbocycles. The zero-order valence-electron chi connectivity index (χ0n) is 22.8. The Morgan fingerprint density at radius 3 is 2.54 bits per heavy atom. The van der Waals surface area contributed by atoms with Gasteiger partial charge >= 0.3 is 6.61 Å². The van der Waals surface area contributed by atoms with Crippen LogP contribution in [0, 0.1) is 5.92 Å². The zero-order valence-corrected chi connectivity index (χ0v) is 22.8. The normalized spacial score (nSPS) is 18.2. The summed E-state index contributed by atoms with van der Waals surface area (Å²) in [6.45, 7) is -0.802. The minimum Gasteiger partial charge on any atom is -0.489 e. The summed E-state index contributed by atoms with van der Waals surface area (Å²) in [4.78, 5) is 55.5. The maximum absolute atomic E-state index is 12.9. The van der Waals surface area contributed by atoms with Gasteiger partial charge in [0.05, 0.1) is 18.7 Å². The van der Waals surface area contributed by atoms with Gasteiger partial charge in [-0.25, -0.2) is 0 Å². The van der Waals surface area contributed by atoms with Crippen molar-refractivity contribution in [3.8, 4) is 11.5 Å². The number of hydrogen-bond donors (Lipinski definition) is 2. The molecule has 13 heteroatoms. The van der Waals surface area contributed by atoms with E-state index in [1.54, 1.807) is 17.0 Å². The van der Waals surface area contributed by atoms with E-state index in [0.29, 0.717) is 25.5 Å². The molecular weight excluding hydrogens is 540 g/mol. The number of primary amides is 1. The van der Waals surface area contributed by atoms with Crippen LogP contribution in [0.1, 0.15) is 58.5 Å². The molecule has 4 rings (SSSR count). The van der Waals surface area contributed by atoms with Gasteiger partial charge in [-0.3, -0.25) is 24.2 Å². The highest BCUT2D eigenvalue weighted by Crippen LogP contribution is 2.38. The lowest BCUT2D eigenvalue weighted by molar-refractivity contribution is -0.129. The van der Waals surface area contributed by atoms with E-state index >= 15 is 0 Å². The van der Waals surface area contributed by atoms with Crippen molar-refractivity contribution in [2.45, 2.75) is 44.8 Å². The average Bonchev–Trinajstić information content (AvgIpc) is 3.66. The summed E-state index contributed by atoms with van der Waals surface area (Å²) in [7, 11) is 1.43. The van der Waals surface area contributed by atoms with Crippen LogP contribution in [-0.4, -0.2) is 84.4 Å². The molecule has 0 radical (unpaired) electrons. The molecule has 2 aliphatic rings. The van der Waals surface area contributed by atoms with Crippen molar-refractivity contribution in [1.29, 1.82) is 0 Å². The molecule has 2 heterocycles. The Morgan fingerprint density at radius 1 is 1.17 bits per heavy atom. The number of likely N-dealkylation sites (tertiary alicyclic amines) is 1. The molecule has 2 aromatic rings. The van der Waals surface area contributed by atoms with Crippen LogP contribution in [0.15, 0.2) is 36.5 Å². The number of ether oxygens (including phenoxy) is 2. The van der Waals surface area contributed by atoms with Gasteiger partial charge in [0.25, 0.3) is 11.8 Å². The molecule has 11 nitrogen and oxygen atoms in total. The summed E-state index contributed by atoms with van der Waals surface area (Å²) in [6.07, 6.45) is 3.86. The third-order valence-corrected chi connectivity index (χ3v) is 7.13. The highest BCUT2D eigenvalue weighted by molar-refractivity contribution is 5.97. The number of nitrogens with one attached hydrogen (secondary N) is 1. The third kappa shape index (κ3) is 7.89. The van der Waals surface area contributed by atoms with Crippen LogP contribution in [-0.2, 0) is 9.59 Å². The van der Waals surface area contributed by atoms with Gasteiger partial charge in [0, 0.05) is 45.2 Å². The smallest absolute Gasteiger partial charge is 0.387 e. The topological polar surface area (TPSA) is 144 Å². The minimum atomic E-state index is -2.98. The van der Waals surface area contributed by atoms with Gasteiger partial charge < -0.3 is 30.3 Å². The first-order valence-electron chi connectivity index (χ1n) is 13.3. The van der Waals surface area contributed by atoms with Crippen LogP contribution in [0.4, 0.5) is 8.78 Å². The predicted octanol–water partition coefficient (Wildman–Crippen LogP) is 2.16. The summed E-state index contributed by atoms with van der Waals surface area (Å²) < 4.78 is 36.3. The molecule has 1 aromatic heterocycles. The number of carbonyl (C=O) groups is 4. The summed E-state index contributed by atoms with van der Waals surface area (Å²) in [5.74, 6) is -1.23. The van der Waals surface area contributed by atoms with Crippen LogP contribution in [0.2, 0.25) is 0 Å². The standard InChI is InChI=1S/C28H33F2N5O6/c1-16(36)35-13-20(18-6-8-23(41-28(29)30)24(10-18)40-15-17-3-4-17)9-21(35)12-33-26(38)22-7-5-19(11-32-22)27(39)34(2)14-25(31)37/h5-8,10-11,17,20-21,28H,3-4,9,12-15H2,1-2H3,(H2,31,37)(H,33,38)/t20?,21-/m1/s1. The first-order chi connectivity index (χ1) is 19.5. The van der Waals surface area contributed by atoms with Crippen LogP contribution in [0.25, 0.3) is 0 Å². The predicted molar refractivity (Wildman–Crippen MR) is 143 cm³/mol. The number of hydrogen-bond acceptors (Lipinski definition) is 7. The molecule has 1 aliphatic heterocycles. The minimum absolute atomic E-state index is 0.0330. The molecule has 1 aromatic carbocycles. The lowest BCUT2D eigenvalue weighted by Crippen LogP contribution is -2.42. The lowest BCUT2D eigenvalue weighted by atomic mass is 9.96. The number of likely N-dealkylation sites (N-methyl/N-ethyl adjacent to an activating group) is 1. The van der Waals surface area contributed by atoms with E-state index in [-0.39, 0.29) is 53.7 Å². The van der Waals surface area contributed by atoms with E-state index in [4.69, 9.17) is 10.5 Å². The van der Waals surface area contributed by atoms with Gasteiger partial charge in [0.2, 0.25) is 11.8 Å². The molecule has 220 valence electrons. The number of benzene rings is 1. The fourth-order valence-electron chi connectivity index (χ4n) is 4.80. The van der Waals surface area contributed by atoms with Crippen LogP contribution >= 0.6 is 0 Å². The van der Waals surface area contributed by atoms with Crippen molar-refractivity contribution in [3.05, 3.63) is 53.3 Å². The quantitative estimate of drug-likeness (QED) is 0.396. The van der Waals surface area contributed by atoms with Crippen molar-refractivity contribution in [2.24, 2.45) is 11.7 Å². The van der Waals surface area contributed by atoms with Gasteiger partial charge in [0.15, 0.2) is 11.5 Å². The van der Waals surface area contributed by atoms with Crippen molar-refractivity contribution in [2.75, 3.05) is 33.3 Å². The first-order valence-corrected chi connectivity index (χ1v) is 13.3. The zero-order chi connectivity index (χ0) is 29.7. The second kappa shape index (κ2) is 12.9. The van der Waals surface area contributed by atoms with Gasteiger partial charge in [-0.15, -0.1) is 0 Å². The van der Waals surface area contributed by atoms with Gasteiger partial charge in [-0.2, -0.15) is 8.78 Å². The van der Waals surface area contributed by atoms with Crippen LogP contribution in [0.5, 0.6) is 11.5 Å².